The van der Waals surface area contributed by atoms with Crippen LogP contribution in [-0.4, -0.2) is 24.1 Å². The van der Waals surface area contributed by atoms with E-state index in [0.717, 1.165) is 11.5 Å². The van der Waals surface area contributed by atoms with Gasteiger partial charge >= 0.3 is 0 Å². The Kier molecular flexibility index (Phi) is 3.23. The summed E-state index contributed by atoms with van der Waals surface area (Å²) in [7, 11) is 3.82. The van der Waals surface area contributed by atoms with Crippen LogP contribution < -0.4 is 10.2 Å². The third-order valence-corrected chi connectivity index (χ3v) is 2.68. The van der Waals surface area contributed by atoms with Gasteiger partial charge in [0.05, 0.1) is 0 Å². The zero-order chi connectivity index (χ0) is 12.3. The highest BCUT2D eigenvalue weighted by Gasteiger charge is 2.08. The van der Waals surface area contributed by atoms with Crippen molar-refractivity contribution in [2.75, 3.05) is 24.3 Å². The SMILES string of the molecule is CNc1nccc(N(C)c2ccccc2C)n1. The number of nitrogens with zero attached hydrogens (tertiary/aromatic N) is 3. The lowest BCUT2D eigenvalue weighted by Gasteiger charge is -2.20. The minimum Gasteiger partial charge on any atom is -0.357 e. The van der Waals surface area contributed by atoms with Crippen molar-refractivity contribution in [3.8, 4) is 0 Å². The zero-order valence-electron chi connectivity index (χ0n) is 10.3. The molecule has 0 aliphatic heterocycles. The summed E-state index contributed by atoms with van der Waals surface area (Å²) in [5.41, 5.74) is 2.37. The van der Waals surface area contributed by atoms with Gasteiger partial charge in [0, 0.05) is 26.0 Å². The van der Waals surface area contributed by atoms with Crippen LogP contribution in [0.4, 0.5) is 17.5 Å². The Bertz CT molecular complexity index is 510. The summed E-state index contributed by atoms with van der Waals surface area (Å²) in [5.74, 6) is 1.50. The summed E-state index contributed by atoms with van der Waals surface area (Å²) in [6.07, 6.45) is 1.75. The monoisotopic (exact) mass is 228 g/mol. The maximum atomic E-state index is 4.41. The average molecular weight is 228 g/mol. The summed E-state index contributed by atoms with van der Waals surface area (Å²) in [4.78, 5) is 10.6. The van der Waals surface area contributed by atoms with E-state index in [1.807, 2.05) is 32.3 Å². The van der Waals surface area contributed by atoms with Crippen molar-refractivity contribution in [2.24, 2.45) is 0 Å². The van der Waals surface area contributed by atoms with Crippen LogP contribution in [0.1, 0.15) is 5.56 Å². The van der Waals surface area contributed by atoms with Crippen LogP contribution in [0, 0.1) is 6.92 Å². The highest BCUT2D eigenvalue weighted by molar-refractivity contribution is 5.63. The lowest BCUT2D eigenvalue weighted by Crippen LogP contribution is -2.13. The molecule has 0 radical (unpaired) electrons. The molecule has 0 saturated heterocycles. The Labute approximate surface area is 101 Å². The molecule has 4 nitrogen and oxygen atoms in total. The number of aryl methyl sites for hydroxylation is 1. The molecule has 0 aliphatic rings. The number of hydrogen-bond acceptors (Lipinski definition) is 4. The molecule has 4 heteroatoms. The number of rotatable bonds is 3. The van der Waals surface area contributed by atoms with Crippen molar-refractivity contribution in [1.82, 2.24) is 9.97 Å². The molecular formula is C13H16N4. The predicted molar refractivity (Wildman–Crippen MR) is 70.8 cm³/mol. The van der Waals surface area contributed by atoms with Crippen LogP contribution in [0.2, 0.25) is 0 Å². The van der Waals surface area contributed by atoms with Crippen molar-refractivity contribution in [2.45, 2.75) is 6.92 Å². The van der Waals surface area contributed by atoms with Gasteiger partial charge in [-0.25, -0.2) is 4.98 Å². The fraction of sp³-hybridized carbons (Fsp3) is 0.231. The summed E-state index contributed by atoms with van der Waals surface area (Å²) < 4.78 is 0. The quantitative estimate of drug-likeness (QED) is 0.876. The highest BCUT2D eigenvalue weighted by Crippen LogP contribution is 2.24. The van der Waals surface area contributed by atoms with Crippen molar-refractivity contribution < 1.29 is 0 Å². The number of anilines is 3. The van der Waals surface area contributed by atoms with Crippen LogP contribution in [0.3, 0.4) is 0 Å². The Hall–Kier alpha value is -2.10. The van der Waals surface area contributed by atoms with Crippen LogP contribution in [0.15, 0.2) is 36.5 Å². The molecule has 17 heavy (non-hydrogen) atoms. The second-order valence-electron chi connectivity index (χ2n) is 3.83. The van der Waals surface area contributed by atoms with E-state index in [-0.39, 0.29) is 0 Å². The molecule has 0 amide bonds. The van der Waals surface area contributed by atoms with Crippen molar-refractivity contribution in [1.29, 1.82) is 0 Å². The molecule has 1 N–H and O–H groups in total. The van der Waals surface area contributed by atoms with Crippen molar-refractivity contribution in [3.05, 3.63) is 42.1 Å². The van der Waals surface area contributed by atoms with E-state index >= 15 is 0 Å². The largest absolute Gasteiger partial charge is 0.357 e. The van der Waals surface area contributed by atoms with Gasteiger partial charge in [-0.15, -0.1) is 0 Å². The van der Waals surface area contributed by atoms with E-state index < -0.39 is 0 Å². The zero-order valence-corrected chi connectivity index (χ0v) is 10.3. The fourth-order valence-electron chi connectivity index (χ4n) is 1.72. The third-order valence-electron chi connectivity index (χ3n) is 2.68. The number of nitrogens with one attached hydrogen (secondary N) is 1. The van der Waals surface area contributed by atoms with E-state index in [1.54, 1.807) is 6.20 Å². The van der Waals surface area contributed by atoms with Crippen molar-refractivity contribution >= 4 is 17.5 Å². The molecule has 0 spiro atoms. The van der Waals surface area contributed by atoms with E-state index in [9.17, 15) is 0 Å². The predicted octanol–water partition coefficient (Wildman–Crippen LogP) is 2.59. The summed E-state index contributed by atoms with van der Waals surface area (Å²) in [5, 5.41) is 2.94. The molecular weight excluding hydrogens is 212 g/mol. The normalized spacial score (nSPS) is 10.1. The van der Waals surface area contributed by atoms with Gasteiger partial charge in [0.25, 0.3) is 0 Å². The Balaban J connectivity index is 2.37. The molecule has 0 saturated carbocycles. The van der Waals surface area contributed by atoms with E-state index in [4.69, 9.17) is 0 Å². The van der Waals surface area contributed by atoms with E-state index in [0.29, 0.717) is 5.95 Å². The van der Waals surface area contributed by atoms with Crippen LogP contribution in [0.25, 0.3) is 0 Å². The van der Waals surface area contributed by atoms with Gasteiger partial charge in [0.2, 0.25) is 5.95 Å². The maximum Gasteiger partial charge on any atom is 0.224 e. The second-order valence-corrected chi connectivity index (χ2v) is 3.83. The Morgan fingerprint density at radius 3 is 2.65 bits per heavy atom. The van der Waals surface area contributed by atoms with Crippen molar-refractivity contribution in [3.63, 3.8) is 0 Å². The van der Waals surface area contributed by atoms with Gasteiger partial charge in [-0.2, -0.15) is 4.98 Å². The number of hydrogen-bond donors (Lipinski definition) is 1. The standard InChI is InChI=1S/C13H16N4/c1-10-6-4-5-7-11(10)17(3)12-8-9-15-13(14-2)16-12/h4-9H,1-3H3,(H,14,15,16). The molecule has 2 aromatic rings. The van der Waals surface area contributed by atoms with E-state index in [2.05, 4.69) is 39.2 Å². The number of benzene rings is 1. The number of para-hydroxylation sites is 1. The molecule has 88 valence electrons. The van der Waals surface area contributed by atoms with Gasteiger partial charge in [-0.3, -0.25) is 0 Å². The summed E-state index contributed by atoms with van der Waals surface area (Å²) >= 11 is 0. The summed E-state index contributed by atoms with van der Waals surface area (Å²) in [6.45, 7) is 2.09. The van der Waals surface area contributed by atoms with E-state index in [1.165, 1.54) is 5.56 Å². The first-order valence-electron chi connectivity index (χ1n) is 5.52. The molecule has 1 aromatic heterocycles. The Morgan fingerprint density at radius 1 is 1.18 bits per heavy atom. The van der Waals surface area contributed by atoms with Gasteiger partial charge in [-0.05, 0) is 24.6 Å². The smallest absolute Gasteiger partial charge is 0.224 e. The van der Waals surface area contributed by atoms with Gasteiger partial charge in [0.15, 0.2) is 0 Å². The molecule has 0 atom stereocenters. The highest BCUT2D eigenvalue weighted by atomic mass is 15.2. The van der Waals surface area contributed by atoms with Crippen LogP contribution >= 0.6 is 0 Å². The Morgan fingerprint density at radius 2 is 1.94 bits per heavy atom. The molecule has 1 aromatic carbocycles. The van der Waals surface area contributed by atoms with Gasteiger partial charge < -0.3 is 10.2 Å². The van der Waals surface area contributed by atoms with Gasteiger partial charge in [-0.1, -0.05) is 18.2 Å². The maximum absolute atomic E-state index is 4.41. The first kappa shape index (κ1) is 11.4. The minimum absolute atomic E-state index is 0.628. The lowest BCUT2D eigenvalue weighted by atomic mass is 10.2. The topological polar surface area (TPSA) is 41.1 Å². The average Bonchev–Trinajstić information content (AvgIpc) is 2.38. The first-order valence-corrected chi connectivity index (χ1v) is 5.52. The molecule has 2 rings (SSSR count). The molecule has 0 unspecified atom stereocenters. The third kappa shape index (κ3) is 2.36. The first-order chi connectivity index (χ1) is 8.22. The molecule has 0 aliphatic carbocycles. The van der Waals surface area contributed by atoms with Crippen LogP contribution in [-0.2, 0) is 0 Å². The second kappa shape index (κ2) is 4.82. The minimum atomic E-state index is 0.628. The fourth-order valence-corrected chi connectivity index (χ4v) is 1.72. The number of aromatic nitrogens is 2. The molecule has 0 bridgehead atoms. The summed E-state index contributed by atoms with van der Waals surface area (Å²) in [6, 6.07) is 10.1. The molecule has 0 fully saturated rings. The molecule has 1 heterocycles. The van der Waals surface area contributed by atoms with Crippen LogP contribution in [0.5, 0.6) is 0 Å². The lowest BCUT2D eigenvalue weighted by molar-refractivity contribution is 1.07. The van der Waals surface area contributed by atoms with Gasteiger partial charge in [0.1, 0.15) is 5.82 Å².